The summed E-state index contributed by atoms with van der Waals surface area (Å²) >= 11 is 1.33. The molecule has 0 amide bonds. The van der Waals surface area contributed by atoms with Gasteiger partial charge in [0.05, 0.1) is 12.8 Å². The Labute approximate surface area is 115 Å². The molecule has 5 nitrogen and oxygen atoms in total. The number of aromatic nitrogens is 1. The number of aryl methyl sites for hydroxylation is 2. The van der Waals surface area contributed by atoms with Crippen LogP contribution in [0.2, 0.25) is 0 Å². The maximum absolute atomic E-state index is 7.59. The second kappa shape index (κ2) is 5.36. The fourth-order valence-corrected chi connectivity index (χ4v) is 2.52. The third-order valence-electron chi connectivity index (χ3n) is 2.69. The van der Waals surface area contributed by atoms with Gasteiger partial charge in [0.25, 0.3) is 5.22 Å². The molecule has 0 atom stereocenters. The lowest BCUT2D eigenvalue weighted by atomic mass is 10.2. The average Bonchev–Trinajstić information content (AvgIpc) is 2.67. The van der Waals surface area contributed by atoms with Crippen LogP contribution in [0.4, 0.5) is 0 Å². The molecule has 100 valence electrons. The summed E-state index contributed by atoms with van der Waals surface area (Å²) in [6.45, 7) is 3.75. The molecule has 2 aromatic rings. The largest absolute Gasteiger partial charge is 0.497 e. The van der Waals surface area contributed by atoms with Crippen molar-refractivity contribution in [2.45, 2.75) is 24.0 Å². The Hall–Kier alpha value is -1.95. The summed E-state index contributed by atoms with van der Waals surface area (Å²) in [5, 5.41) is 8.12. The highest BCUT2D eigenvalue weighted by atomic mass is 32.2. The molecular formula is C13H15N3O2S. The van der Waals surface area contributed by atoms with E-state index in [1.165, 1.54) is 11.8 Å². The van der Waals surface area contributed by atoms with E-state index >= 15 is 0 Å². The molecule has 1 aromatic carbocycles. The molecule has 1 aromatic heterocycles. The van der Waals surface area contributed by atoms with Crippen molar-refractivity contribution < 1.29 is 9.15 Å². The molecule has 6 heteroatoms. The van der Waals surface area contributed by atoms with Crippen molar-refractivity contribution in [1.29, 1.82) is 5.41 Å². The predicted octanol–water partition coefficient (Wildman–Crippen LogP) is 2.74. The van der Waals surface area contributed by atoms with Crippen molar-refractivity contribution in [2.75, 3.05) is 7.11 Å². The maximum Gasteiger partial charge on any atom is 0.261 e. The topological polar surface area (TPSA) is 85.1 Å². The zero-order valence-electron chi connectivity index (χ0n) is 11.0. The van der Waals surface area contributed by atoms with E-state index in [-0.39, 0.29) is 5.84 Å². The van der Waals surface area contributed by atoms with Gasteiger partial charge in [0.1, 0.15) is 17.3 Å². The number of amidine groups is 1. The number of methoxy groups -OCH3 is 1. The first-order chi connectivity index (χ1) is 9.01. The Morgan fingerprint density at radius 1 is 1.42 bits per heavy atom. The molecule has 0 aliphatic rings. The first kappa shape index (κ1) is 13.5. The lowest BCUT2D eigenvalue weighted by Crippen LogP contribution is -2.12. The fourth-order valence-electron chi connectivity index (χ4n) is 1.52. The molecule has 0 fully saturated rings. The number of hydrogen-bond acceptors (Lipinski definition) is 5. The third-order valence-corrected chi connectivity index (χ3v) is 3.59. The van der Waals surface area contributed by atoms with Crippen LogP contribution in [0.15, 0.2) is 32.7 Å². The number of ether oxygens (including phenoxy) is 1. The summed E-state index contributed by atoms with van der Waals surface area (Å²) in [6, 6.07) is 5.34. The van der Waals surface area contributed by atoms with Crippen molar-refractivity contribution in [1.82, 2.24) is 4.98 Å². The molecule has 3 N–H and O–H groups in total. The van der Waals surface area contributed by atoms with Crippen molar-refractivity contribution in [3.8, 4) is 5.75 Å². The van der Waals surface area contributed by atoms with Crippen LogP contribution in [-0.4, -0.2) is 17.9 Å². The quantitative estimate of drug-likeness (QED) is 0.663. The molecule has 0 spiro atoms. The van der Waals surface area contributed by atoms with Crippen molar-refractivity contribution in [3.63, 3.8) is 0 Å². The number of oxazole rings is 1. The number of nitrogens with two attached hydrogens (primary N) is 1. The van der Waals surface area contributed by atoms with Crippen molar-refractivity contribution in [3.05, 3.63) is 35.2 Å². The summed E-state index contributed by atoms with van der Waals surface area (Å²) in [5.74, 6) is 1.49. The van der Waals surface area contributed by atoms with Crippen LogP contribution in [0.25, 0.3) is 0 Å². The second-order valence-corrected chi connectivity index (χ2v) is 4.99. The van der Waals surface area contributed by atoms with Gasteiger partial charge in [0.15, 0.2) is 0 Å². The van der Waals surface area contributed by atoms with E-state index in [9.17, 15) is 0 Å². The summed E-state index contributed by atoms with van der Waals surface area (Å²) in [7, 11) is 1.59. The van der Waals surface area contributed by atoms with Gasteiger partial charge in [-0.05, 0) is 43.8 Å². The lowest BCUT2D eigenvalue weighted by Gasteiger charge is -2.08. The Morgan fingerprint density at radius 3 is 2.68 bits per heavy atom. The van der Waals surface area contributed by atoms with Crippen LogP contribution >= 0.6 is 11.8 Å². The van der Waals surface area contributed by atoms with Gasteiger partial charge in [-0.25, -0.2) is 4.98 Å². The molecule has 0 aliphatic carbocycles. The number of nitrogens with one attached hydrogen (secondary N) is 1. The van der Waals surface area contributed by atoms with E-state index < -0.39 is 0 Å². The van der Waals surface area contributed by atoms with Crippen LogP contribution < -0.4 is 10.5 Å². The molecular weight excluding hydrogens is 262 g/mol. The third kappa shape index (κ3) is 2.90. The molecule has 2 rings (SSSR count). The minimum Gasteiger partial charge on any atom is -0.497 e. The van der Waals surface area contributed by atoms with E-state index in [0.717, 1.165) is 16.3 Å². The molecule has 0 aliphatic heterocycles. The summed E-state index contributed by atoms with van der Waals surface area (Å²) in [6.07, 6.45) is 0. The highest BCUT2D eigenvalue weighted by Gasteiger charge is 2.13. The number of nitrogens with zero attached hydrogens (tertiary/aromatic N) is 1. The first-order valence-corrected chi connectivity index (χ1v) is 6.47. The SMILES string of the molecule is COc1ccc(C(=N)N)c(Sc2nc(C)c(C)o2)c1. The minimum absolute atomic E-state index is 0.00477. The van der Waals surface area contributed by atoms with E-state index in [1.54, 1.807) is 19.2 Å². The Morgan fingerprint density at radius 2 is 2.16 bits per heavy atom. The van der Waals surface area contributed by atoms with Gasteiger partial charge in [-0.1, -0.05) is 0 Å². The highest BCUT2D eigenvalue weighted by Crippen LogP contribution is 2.33. The molecule has 0 saturated heterocycles. The average molecular weight is 277 g/mol. The molecule has 0 unspecified atom stereocenters. The fraction of sp³-hybridized carbons (Fsp3) is 0.231. The maximum atomic E-state index is 7.59. The van der Waals surface area contributed by atoms with Crippen LogP contribution in [0.5, 0.6) is 5.75 Å². The molecule has 0 saturated carbocycles. The van der Waals surface area contributed by atoms with Gasteiger partial charge in [0.2, 0.25) is 0 Å². The van der Waals surface area contributed by atoms with E-state index in [2.05, 4.69) is 4.98 Å². The molecule has 0 bridgehead atoms. The zero-order valence-corrected chi connectivity index (χ0v) is 11.8. The first-order valence-electron chi connectivity index (χ1n) is 5.65. The number of rotatable bonds is 4. The van der Waals surface area contributed by atoms with E-state index in [4.69, 9.17) is 20.3 Å². The minimum atomic E-state index is 0.00477. The van der Waals surface area contributed by atoms with Gasteiger partial charge < -0.3 is 14.9 Å². The molecule has 19 heavy (non-hydrogen) atoms. The Bertz CT molecular complexity index is 603. The van der Waals surface area contributed by atoms with Crippen LogP contribution in [-0.2, 0) is 0 Å². The summed E-state index contributed by atoms with van der Waals surface area (Å²) < 4.78 is 10.7. The Kier molecular flexibility index (Phi) is 3.80. The smallest absolute Gasteiger partial charge is 0.261 e. The van der Waals surface area contributed by atoms with Gasteiger partial charge in [0, 0.05) is 10.5 Å². The van der Waals surface area contributed by atoms with Crippen LogP contribution in [0.3, 0.4) is 0 Å². The van der Waals surface area contributed by atoms with Gasteiger partial charge in [-0.2, -0.15) is 0 Å². The van der Waals surface area contributed by atoms with Gasteiger partial charge in [-0.15, -0.1) is 0 Å². The van der Waals surface area contributed by atoms with Crippen molar-refractivity contribution >= 4 is 17.6 Å². The zero-order chi connectivity index (χ0) is 14.0. The Balaban J connectivity index is 2.39. The van der Waals surface area contributed by atoms with Crippen LogP contribution in [0.1, 0.15) is 17.0 Å². The van der Waals surface area contributed by atoms with E-state index in [0.29, 0.717) is 16.5 Å². The highest BCUT2D eigenvalue weighted by molar-refractivity contribution is 7.99. The summed E-state index contributed by atoms with van der Waals surface area (Å²) in [4.78, 5) is 5.09. The van der Waals surface area contributed by atoms with Crippen molar-refractivity contribution in [2.24, 2.45) is 5.73 Å². The van der Waals surface area contributed by atoms with E-state index in [1.807, 2.05) is 19.9 Å². The normalized spacial score (nSPS) is 10.5. The number of nitrogen functional groups attached to an aromatic ring is 1. The van der Waals surface area contributed by atoms with Crippen LogP contribution in [0, 0.1) is 19.3 Å². The van der Waals surface area contributed by atoms with Gasteiger partial charge >= 0.3 is 0 Å². The number of benzene rings is 1. The predicted molar refractivity (Wildman–Crippen MR) is 74.1 cm³/mol. The standard InChI is InChI=1S/C13H15N3O2S/c1-7-8(2)18-13(16-7)19-11-6-9(17-3)4-5-10(11)12(14)15/h4-6H,1-3H3,(H3,14,15). The van der Waals surface area contributed by atoms with Gasteiger partial charge in [-0.3, -0.25) is 5.41 Å². The molecule has 0 radical (unpaired) electrons. The summed E-state index contributed by atoms with van der Waals surface area (Å²) in [5.41, 5.74) is 7.07. The number of hydrogen-bond donors (Lipinski definition) is 2. The monoisotopic (exact) mass is 277 g/mol. The second-order valence-electron chi connectivity index (χ2n) is 4.00. The lowest BCUT2D eigenvalue weighted by molar-refractivity contribution is 0.413. The molecule has 1 heterocycles.